The van der Waals surface area contributed by atoms with Crippen LogP contribution in [0, 0.1) is 5.92 Å². The summed E-state index contributed by atoms with van der Waals surface area (Å²) in [6.07, 6.45) is 4.96. The van der Waals surface area contributed by atoms with Crippen molar-refractivity contribution >= 4 is 15.9 Å². The van der Waals surface area contributed by atoms with Crippen LogP contribution in [0.4, 0.5) is 0 Å². The molecule has 8 heteroatoms. The lowest BCUT2D eigenvalue weighted by Crippen LogP contribution is -2.31. The largest absolute Gasteiger partial charge is 0.438 e. The van der Waals surface area contributed by atoms with Gasteiger partial charge in [-0.15, -0.1) is 0 Å². The summed E-state index contributed by atoms with van der Waals surface area (Å²) >= 11 is 0. The summed E-state index contributed by atoms with van der Waals surface area (Å²) in [6.45, 7) is 2.98. The third-order valence-corrected chi connectivity index (χ3v) is 5.38. The minimum absolute atomic E-state index is 0.0372. The van der Waals surface area contributed by atoms with Gasteiger partial charge in [0.25, 0.3) is 15.9 Å². The van der Waals surface area contributed by atoms with E-state index in [1.54, 1.807) is 0 Å². The van der Waals surface area contributed by atoms with E-state index >= 15 is 0 Å². The molecule has 7 nitrogen and oxygen atoms in total. The highest BCUT2D eigenvalue weighted by atomic mass is 32.2. The molecule has 1 aliphatic carbocycles. The van der Waals surface area contributed by atoms with E-state index in [4.69, 9.17) is 9.15 Å². The first-order chi connectivity index (χ1) is 10.9. The third-order valence-electron chi connectivity index (χ3n) is 4.09. The Bertz CT molecular complexity index is 626. The van der Waals surface area contributed by atoms with Crippen LogP contribution in [0.25, 0.3) is 0 Å². The van der Waals surface area contributed by atoms with Crippen molar-refractivity contribution in [3.63, 3.8) is 0 Å². The second kappa shape index (κ2) is 7.94. The zero-order chi connectivity index (χ0) is 16.9. The van der Waals surface area contributed by atoms with E-state index in [1.807, 2.05) is 0 Å². The molecule has 1 aromatic heterocycles. The number of ether oxygens (including phenoxy) is 1. The SMILES string of the molecule is CNS(=O)(=O)c1ccc(C(=O)NCCO[C@H]2CCCC[C@H]2C)o1. The lowest BCUT2D eigenvalue weighted by atomic mass is 9.88. The number of rotatable bonds is 7. The van der Waals surface area contributed by atoms with Crippen molar-refractivity contribution in [1.82, 2.24) is 10.0 Å². The molecule has 0 bridgehead atoms. The Morgan fingerprint density at radius 3 is 2.78 bits per heavy atom. The fourth-order valence-corrected chi connectivity index (χ4v) is 3.33. The molecule has 0 spiro atoms. The zero-order valence-electron chi connectivity index (χ0n) is 13.5. The van der Waals surface area contributed by atoms with Crippen LogP contribution in [-0.4, -0.2) is 40.6 Å². The molecule has 1 fully saturated rings. The van der Waals surface area contributed by atoms with Gasteiger partial charge in [0.2, 0.25) is 5.09 Å². The van der Waals surface area contributed by atoms with Crippen LogP contribution in [0.15, 0.2) is 21.6 Å². The number of hydrogen-bond donors (Lipinski definition) is 2. The summed E-state index contributed by atoms with van der Waals surface area (Å²) < 4.78 is 36.1. The van der Waals surface area contributed by atoms with Gasteiger partial charge in [-0.2, -0.15) is 0 Å². The predicted molar refractivity (Wildman–Crippen MR) is 84.7 cm³/mol. The normalized spacial score (nSPS) is 22.0. The summed E-state index contributed by atoms with van der Waals surface area (Å²) in [4.78, 5) is 11.9. The minimum Gasteiger partial charge on any atom is -0.438 e. The topological polar surface area (TPSA) is 97.6 Å². The summed E-state index contributed by atoms with van der Waals surface area (Å²) in [5.74, 6) is 0.0616. The van der Waals surface area contributed by atoms with Crippen LogP contribution in [-0.2, 0) is 14.8 Å². The number of furan rings is 1. The molecule has 1 aliphatic rings. The van der Waals surface area contributed by atoms with Crippen molar-refractivity contribution in [2.24, 2.45) is 5.92 Å². The Labute approximate surface area is 136 Å². The maximum atomic E-state index is 11.9. The first-order valence-electron chi connectivity index (χ1n) is 7.87. The molecular formula is C15H24N2O5S. The third kappa shape index (κ3) is 4.79. The minimum atomic E-state index is -3.68. The first kappa shape index (κ1) is 18.0. The van der Waals surface area contributed by atoms with E-state index in [-0.39, 0.29) is 17.0 Å². The summed E-state index contributed by atoms with van der Waals surface area (Å²) in [6, 6.07) is 2.59. The average molecular weight is 344 g/mol. The molecule has 2 N–H and O–H groups in total. The van der Waals surface area contributed by atoms with E-state index in [9.17, 15) is 13.2 Å². The molecule has 2 atom stereocenters. The number of nitrogens with one attached hydrogen (secondary N) is 2. The van der Waals surface area contributed by atoms with Crippen molar-refractivity contribution in [2.45, 2.75) is 43.8 Å². The number of amides is 1. The quantitative estimate of drug-likeness (QED) is 0.731. The first-order valence-corrected chi connectivity index (χ1v) is 9.35. The summed E-state index contributed by atoms with van der Waals surface area (Å²) in [5, 5.41) is 2.38. The maximum Gasteiger partial charge on any atom is 0.287 e. The van der Waals surface area contributed by atoms with Gasteiger partial charge in [-0.1, -0.05) is 19.8 Å². The van der Waals surface area contributed by atoms with E-state index in [0.717, 1.165) is 6.42 Å². The highest BCUT2D eigenvalue weighted by Crippen LogP contribution is 2.26. The standard InChI is InChI=1S/C15H24N2O5S/c1-11-5-3-4-6-12(11)21-10-9-17-15(18)13-7-8-14(22-13)23(19,20)16-2/h7-8,11-12,16H,3-6,9-10H2,1-2H3,(H,17,18)/t11-,12+/m1/s1. The van der Waals surface area contributed by atoms with Crippen LogP contribution in [0.5, 0.6) is 0 Å². The van der Waals surface area contributed by atoms with Crippen LogP contribution in [0.1, 0.15) is 43.2 Å². The molecular weight excluding hydrogens is 320 g/mol. The van der Waals surface area contributed by atoms with Gasteiger partial charge in [-0.05, 0) is 37.9 Å². The molecule has 0 radical (unpaired) electrons. The second-order valence-corrected chi connectivity index (χ2v) is 7.57. The number of sulfonamides is 1. The number of carbonyl (C=O) groups excluding carboxylic acids is 1. The van der Waals surface area contributed by atoms with Crippen molar-refractivity contribution in [3.05, 3.63) is 17.9 Å². The molecule has 0 aromatic carbocycles. The van der Waals surface area contributed by atoms with Crippen molar-refractivity contribution in [1.29, 1.82) is 0 Å². The average Bonchev–Trinajstić information content (AvgIpc) is 3.04. The Morgan fingerprint density at radius 2 is 2.09 bits per heavy atom. The van der Waals surface area contributed by atoms with Crippen LogP contribution >= 0.6 is 0 Å². The highest BCUT2D eigenvalue weighted by Gasteiger charge is 2.22. The molecule has 1 aromatic rings. The Kier molecular flexibility index (Phi) is 6.20. The Hall–Kier alpha value is -1.38. The van der Waals surface area contributed by atoms with Crippen LogP contribution in [0.2, 0.25) is 0 Å². The monoisotopic (exact) mass is 344 g/mol. The van der Waals surface area contributed by atoms with E-state index < -0.39 is 15.9 Å². The van der Waals surface area contributed by atoms with Gasteiger partial charge < -0.3 is 14.5 Å². The molecule has 0 aliphatic heterocycles. The van der Waals surface area contributed by atoms with Crippen molar-refractivity contribution in [2.75, 3.05) is 20.2 Å². The fourth-order valence-electron chi connectivity index (χ4n) is 2.68. The van der Waals surface area contributed by atoms with Gasteiger partial charge in [0.15, 0.2) is 5.76 Å². The second-order valence-electron chi connectivity index (χ2n) is 5.75. The van der Waals surface area contributed by atoms with E-state index in [2.05, 4.69) is 17.0 Å². The Balaban J connectivity index is 1.77. The van der Waals surface area contributed by atoms with Gasteiger partial charge in [0.05, 0.1) is 12.7 Å². The van der Waals surface area contributed by atoms with Gasteiger partial charge in [-0.25, -0.2) is 13.1 Å². The maximum absolute atomic E-state index is 11.9. The molecule has 130 valence electrons. The van der Waals surface area contributed by atoms with Gasteiger partial charge in [0, 0.05) is 6.54 Å². The molecule has 0 saturated heterocycles. The van der Waals surface area contributed by atoms with E-state index in [1.165, 1.54) is 38.4 Å². The fraction of sp³-hybridized carbons (Fsp3) is 0.667. The molecule has 1 amide bonds. The van der Waals surface area contributed by atoms with Crippen LogP contribution < -0.4 is 10.0 Å². The number of hydrogen-bond acceptors (Lipinski definition) is 5. The molecule has 1 saturated carbocycles. The lowest BCUT2D eigenvalue weighted by molar-refractivity contribution is -0.00301. The Morgan fingerprint density at radius 1 is 1.35 bits per heavy atom. The van der Waals surface area contributed by atoms with Gasteiger partial charge in [-0.3, -0.25) is 4.79 Å². The van der Waals surface area contributed by atoms with Crippen molar-refractivity contribution in [3.8, 4) is 0 Å². The van der Waals surface area contributed by atoms with Gasteiger partial charge in [0.1, 0.15) is 0 Å². The molecule has 2 rings (SSSR count). The van der Waals surface area contributed by atoms with E-state index in [0.29, 0.717) is 19.1 Å². The summed E-state index contributed by atoms with van der Waals surface area (Å²) in [5.41, 5.74) is 0. The summed E-state index contributed by atoms with van der Waals surface area (Å²) in [7, 11) is -2.40. The zero-order valence-corrected chi connectivity index (χ0v) is 14.3. The highest BCUT2D eigenvalue weighted by molar-refractivity contribution is 7.89. The molecule has 1 heterocycles. The van der Waals surface area contributed by atoms with Gasteiger partial charge >= 0.3 is 0 Å². The molecule has 0 unspecified atom stereocenters. The number of carbonyl (C=O) groups is 1. The van der Waals surface area contributed by atoms with Crippen LogP contribution in [0.3, 0.4) is 0 Å². The lowest BCUT2D eigenvalue weighted by Gasteiger charge is -2.28. The van der Waals surface area contributed by atoms with Crippen molar-refractivity contribution < 1.29 is 22.4 Å². The molecule has 23 heavy (non-hydrogen) atoms. The smallest absolute Gasteiger partial charge is 0.287 e. The predicted octanol–water partition coefficient (Wildman–Crippen LogP) is 1.51.